The lowest BCUT2D eigenvalue weighted by molar-refractivity contribution is -0.134. The molecule has 0 spiro atoms. The number of carbonyl (C=O) groups is 1. The van der Waals surface area contributed by atoms with Crippen molar-refractivity contribution in [3.05, 3.63) is 64.5 Å². The van der Waals surface area contributed by atoms with Gasteiger partial charge in [-0.05, 0) is 59.5 Å². The van der Waals surface area contributed by atoms with Gasteiger partial charge in [-0.2, -0.15) is 0 Å². The first-order valence-electron chi connectivity index (χ1n) is 9.59. The van der Waals surface area contributed by atoms with E-state index in [0.717, 1.165) is 46.9 Å². The molecule has 1 fully saturated rings. The van der Waals surface area contributed by atoms with Gasteiger partial charge in [-0.1, -0.05) is 31.0 Å². The molecular formula is C22H24BrN3O. The first-order chi connectivity index (χ1) is 13.2. The molecule has 0 bridgehead atoms. The molecule has 1 atom stereocenters. The molecule has 1 unspecified atom stereocenters. The van der Waals surface area contributed by atoms with Gasteiger partial charge in [0.15, 0.2) is 0 Å². The van der Waals surface area contributed by atoms with Gasteiger partial charge in [-0.15, -0.1) is 0 Å². The van der Waals surface area contributed by atoms with Crippen LogP contribution in [0.25, 0.3) is 10.9 Å². The highest BCUT2D eigenvalue weighted by atomic mass is 79.9. The van der Waals surface area contributed by atoms with E-state index in [1.807, 2.05) is 36.7 Å². The lowest BCUT2D eigenvalue weighted by atomic mass is 10.0. The van der Waals surface area contributed by atoms with Gasteiger partial charge in [0.1, 0.15) is 6.54 Å². The largest absolute Gasteiger partial charge is 0.334 e. The Labute approximate surface area is 168 Å². The number of pyridine rings is 1. The number of fused-ring (bicyclic) bond motifs is 1. The summed E-state index contributed by atoms with van der Waals surface area (Å²) < 4.78 is 3.21. The molecule has 2 aromatic heterocycles. The zero-order chi connectivity index (χ0) is 18.8. The van der Waals surface area contributed by atoms with E-state index in [-0.39, 0.29) is 11.9 Å². The number of rotatable bonds is 3. The minimum Gasteiger partial charge on any atom is -0.334 e. The van der Waals surface area contributed by atoms with Crippen LogP contribution >= 0.6 is 15.9 Å². The van der Waals surface area contributed by atoms with Crippen LogP contribution in [0, 0.1) is 6.92 Å². The van der Waals surface area contributed by atoms with E-state index in [2.05, 4.69) is 49.4 Å². The Morgan fingerprint density at radius 2 is 1.93 bits per heavy atom. The van der Waals surface area contributed by atoms with E-state index in [0.29, 0.717) is 6.54 Å². The molecule has 4 nitrogen and oxygen atoms in total. The highest BCUT2D eigenvalue weighted by Gasteiger charge is 2.27. The van der Waals surface area contributed by atoms with Crippen LogP contribution in [0.15, 0.2) is 53.3 Å². The second kappa shape index (κ2) is 7.85. The predicted molar refractivity (Wildman–Crippen MR) is 112 cm³/mol. The van der Waals surface area contributed by atoms with Crippen molar-refractivity contribution in [3.63, 3.8) is 0 Å². The average molecular weight is 426 g/mol. The molecule has 0 N–H and O–H groups in total. The maximum Gasteiger partial charge on any atom is 0.243 e. The number of likely N-dealkylation sites (tertiary alicyclic amines) is 1. The molecule has 5 heteroatoms. The summed E-state index contributed by atoms with van der Waals surface area (Å²) in [5, 5.41) is 1.16. The highest BCUT2D eigenvalue weighted by molar-refractivity contribution is 9.10. The standard InChI is InChI=1S/C22H24BrN3O/c1-16-22(23)18-7-4-5-9-20(18)26(16)15-21(27)25-14-6-2-3-8-19(25)17-10-12-24-13-11-17/h4-5,7,9-13,19H,2-3,6,8,14-15H2,1H3. The first kappa shape index (κ1) is 18.2. The fourth-order valence-electron chi connectivity index (χ4n) is 4.16. The third-order valence-electron chi connectivity index (χ3n) is 5.61. The number of hydrogen-bond acceptors (Lipinski definition) is 2. The van der Waals surface area contributed by atoms with Crippen molar-refractivity contribution in [2.75, 3.05) is 6.54 Å². The van der Waals surface area contributed by atoms with Crippen molar-refractivity contribution in [1.82, 2.24) is 14.5 Å². The van der Waals surface area contributed by atoms with Crippen LogP contribution in [0.1, 0.15) is 43.0 Å². The minimum absolute atomic E-state index is 0.147. The van der Waals surface area contributed by atoms with Crippen molar-refractivity contribution >= 4 is 32.7 Å². The van der Waals surface area contributed by atoms with Crippen molar-refractivity contribution < 1.29 is 4.79 Å². The topological polar surface area (TPSA) is 38.1 Å². The molecule has 1 amide bonds. The molecule has 3 heterocycles. The van der Waals surface area contributed by atoms with E-state index < -0.39 is 0 Å². The fourth-order valence-corrected chi connectivity index (χ4v) is 4.71. The Morgan fingerprint density at radius 1 is 1.15 bits per heavy atom. The van der Waals surface area contributed by atoms with Gasteiger partial charge in [-0.3, -0.25) is 9.78 Å². The maximum atomic E-state index is 13.4. The summed E-state index contributed by atoms with van der Waals surface area (Å²) in [5.41, 5.74) is 3.39. The molecule has 140 valence electrons. The van der Waals surface area contributed by atoms with Crippen LogP contribution < -0.4 is 0 Å². The van der Waals surface area contributed by atoms with Crippen LogP contribution in [0.5, 0.6) is 0 Å². The lowest BCUT2D eigenvalue weighted by Gasteiger charge is -2.31. The fraction of sp³-hybridized carbons (Fsp3) is 0.364. The first-order valence-corrected chi connectivity index (χ1v) is 10.4. The van der Waals surface area contributed by atoms with Gasteiger partial charge in [-0.25, -0.2) is 0 Å². The minimum atomic E-state index is 0.147. The summed E-state index contributed by atoms with van der Waals surface area (Å²) in [6, 6.07) is 12.5. The van der Waals surface area contributed by atoms with Crippen molar-refractivity contribution in [2.24, 2.45) is 0 Å². The number of amides is 1. The van der Waals surface area contributed by atoms with Gasteiger partial charge < -0.3 is 9.47 Å². The smallest absolute Gasteiger partial charge is 0.243 e. The maximum absolute atomic E-state index is 13.4. The van der Waals surface area contributed by atoms with E-state index in [1.54, 1.807) is 0 Å². The summed E-state index contributed by atoms with van der Waals surface area (Å²) >= 11 is 3.70. The normalized spacial score (nSPS) is 17.9. The SMILES string of the molecule is Cc1c(Br)c2ccccc2n1CC(=O)N1CCCCCC1c1ccncc1. The molecule has 0 aliphatic carbocycles. The van der Waals surface area contributed by atoms with Crippen molar-refractivity contribution in [2.45, 2.75) is 45.2 Å². The molecule has 1 saturated heterocycles. The molecule has 1 aliphatic heterocycles. The molecule has 0 saturated carbocycles. The van der Waals surface area contributed by atoms with Crippen LogP contribution in [0.4, 0.5) is 0 Å². The van der Waals surface area contributed by atoms with E-state index in [1.165, 1.54) is 12.0 Å². The number of aromatic nitrogens is 2. The average Bonchev–Trinajstić information content (AvgIpc) is 2.88. The number of nitrogens with zero attached hydrogens (tertiary/aromatic N) is 3. The van der Waals surface area contributed by atoms with Crippen molar-refractivity contribution in [1.29, 1.82) is 0 Å². The summed E-state index contributed by atoms with van der Waals surface area (Å²) in [4.78, 5) is 19.6. The van der Waals surface area contributed by atoms with E-state index >= 15 is 0 Å². The third kappa shape index (κ3) is 3.53. The Morgan fingerprint density at radius 3 is 2.74 bits per heavy atom. The second-order valence-corrected chi connectivity index (χ2v) is 8.03. The van der Waals surface area contributed by atoms with Crippen LogP contribution in [0.2, 0.25) is 0 Å². The Bertz CT molecular complexity index is 951. The third-order valence-corrected chi connectivity index (χ3v) is 6.61. The highest BCUT2D eigenvalue weighted by Crippen LogP contribution is 2.33. The van der Waals surface area contributed by atoms with Gasteiger partial charge in [0.05, 0.1) is 6.04 Å². The molecule has 4 rings (SSSR count). The summed E-state index contributed by atoms with van der Waals surface area (Å²) in [5.74, 6) is 0.190. The van der Waals surface area contributed by atoms with E-state index in [4.69, 9.17) is 0 Å². The molecule has 0 radical (unpaired) electrons. The Kier molecular flexibility index (Phi) is 5.30. The Hall–Kier alpha value is -2.14. The van der Waals surface area contributed by atoms with Crippen LogP contribution in [-0.2, 0) is 11.3 Å². The molecular weight excluding hydrogens is 402 g/mol. The van der Waals surface area contributed by atoms with Crippen LogP contribution in [0.3, 0.4) is 0 Å². The molecule has 27 heavy (non-hydrogen) atoms. The zero-order valence-electron chi connectivity index (χ0n) is 15.6. The predicted octanol–water partition coefficient (Wildman–Crippen LogP) is 5.25. The number of benzene rings is 1. The molecule has 1 aliphatic rings. The summed E-state index contributed by atoms with van der Waals surface area (Å²) in [7, 11) is 0. The quantitative estimate of drug-likeness (QED) is 0.574. The van der Waals surface area contributed by atoms with Gasteiger partial charge in [0.25, 0.3) is 0 Å². The van der Waals surface area contributed by atoms with Crippen LogP contribution in [-0.4, -0.2) is 26.9 Å². The van der Waals surface area contributed by atoms with Crippen molar-refractivity contribution in [3.8, 4) is 0 Å². The number of carbonyl (C=O) groups excluding carboxylic acids is 1. The van der Waals surface area contributed by atoms with E-state index in [9.17, 15) is 4.79 Å². The second-order valence-electron chi connectivity index (χ2n) is 7.24. The van der Waals surface area contributed by atoms with Gasteiger partial charge in [0.2, 0.25) is 5.91 Å². The Balaban J connectivity index is 1.66. The number of hydrogen-bond donors (Lipinski definition) is 0. The van der Waals surface area contributed by atoms with Gasteiger partial charge in [0, 0.05) is 40.0 Å². The monoisotopic (exact) mass is 425 g/mol. The molecule has 1 aromatic carbocycles. The van der Waals surface area contributed by atoms with Gasteiger partial charge >= 0.3 is 0 Å². The molecule has 3 aromatic rings. The zero-order valence-corrected chi connectivity index (χ0v) is 17.2. The summed E-state index contributed by atoms with van der Waals surface area (Å²) in [6.07, 6.45) is 8.08. The lowest BCUT2D eigenvalue weighted by Crippen LogP contribution is -2.37. The number of halogens is 1. The number of para-hydroxylation sites is 1. The summed E-state index contributed by atoms with van der Waals surface area (Å²) in [6.45, 7) is 3.27.